The van der Waals surface area contributed by atoms with Crippen molar-refractivity contribution >= 4 is 11.9 Å². The van der Waals surface area contributed by atoms with Crippen molar-refractivity contribution in [3.63, 3.8) is 0 Å². The molecule has 0 saturated heterocycles. The summed E-state index contributed by atoms with van der Waals surface area (Å²) in [5, 5.41) is 18.8. The summed E-state index contributed by atoms with van der Waals surface area (Å²) in [5.74, 6) is -1.21. The standard InChI is InChI=1S/C10H14O6/c1-5(11)9(14)10-7(15-6(2)12)3-4-8(13)16-10/h3-5,7,9-11,14H,1-2H3/t5-,7-,9-,10-/m0/s1. The lowest BCUT2D eigenvalue weighted by atomic mass is 10.0. The van der Waals surface area contributed by atoms with Crippen LogP contribution in [0.2, 0.25) is 0 Å². The summed E-state index contributed by atoms with van der Waals surface area (Å²) < 4.78 is 9.66. The number of cyclic esters (lactones) is 1. The molecule has 0 aliphatic carbocycles. The van der Waals surface area contributed by atoms with Crippen molar-refractivity contribution in [1.82, 2.24) is 0 Å². The summed E-state index contributed by atoms with van der Waals surface area (Å²) in [5.41, 5.74) is 0. The minimum Gasteiger partial charge on any atom is -0.454 e. The third-order valence-electron chi connectivity index (χ3n) is 2.13. The Kier molecular flexibility index (Phi) is 4.03. The number of hydrogen-bond acceptors (Lipinski definition) is 6. The molecule has 0 bridgehead atoms. The van der Waals surface area contributed by atoms with Gasteiger partial charge >= 0.3 is 11.9 Å². The third-order valence-corrected chi connectivity index (χ3v) is 2.13. The van der Waals surface area contributed by atoms with E-state index < -0.39 is 36.4 Å². The smallest absolute Gasteiger partial charge is 0.331 e. The van der Waals surface area contributed by atoms with Crippen molar-refractivity contribution in [2.45, 2.75) is 38.3 Å². The minimum atomic E-state index is -1.31. The van der Waals surface area contributed by atoms with Crippen LogP contribution in [0, 0.1) is 0 Å². The average Bonchev–Trinajstić information content (AvgIpc) is 2.18. The van der Waals surface area contributed by atoms with E-state index in [4.69, 9.17) is 9.47 Å². The Hall–Kier alpha value is -1.40. The van der Waals surface area contributed by atoms with E-state index >= 15 is 0 Å². The molecule has 0 amide bonds. The molecule has 0 fully saturated rings. The molecule has 0 aromatic rings. The van der Waals surface area contributed by atoms with Gasteiger partial charge in [0.15, 0.2) is 12.2 Å². The molecule has 1 heterocycles. The van der Waals surface area contributed by atoms with E-state index in [-0.39, 0.29) is 0 Å². The zero-order valence-electron chi connectivity index (χ0n) is 8.99. The summed E-state index contributed by atoms with van der Waals surface area (Å²) in [6.45, 7) is 2.55. The predicted molar refractivity (Wildman–Crippen MR) is 52.3 cm³/mol. The van der Waals surface area contributed by atoms with E-state index in [1.54, 1.807) is 0 Å². The summed E-state index contributed by atoms with van der Waals surface area (Å²) >= 11 is 0. The van der Waals surface area contributed by atoms with E-state index in [9.17, 15) is 19.8 Å². The van der Waals surface area contributed by atoms with Crippen molar-refractivity contribution in [2.75, 3.05) is 0 Å². The Morgan fingerprint density at radius 1 is 1.56 bits per heavy atom. The second-order valence-corrected chi connectivity index (χ2v) is 3.57. The highest BCUT2D eigenvalue weighted by Crippen LogP contribution is 2.18. The largest absolute Gasteiger partial charge is 0.454 e. The second kappa shape index (κ2) is 5.09. The monoisotopic (exact) mass is 230 g/mol. The zero-order chi connectivity index (χ0) is 12.3. The van der Waals surface area contributed by atoms with Gasteiger partial charge in [0.1, 0.15) is 6.10 Å². The fourth-order valence-corrected chi connectivity index (χ4v) is 1.36. The van der Waals surface area contributed by atoms with Crippen molar-refractivity contribution < 1.29 is 29.3 Å². The second-order valence-electron chi connectivity index (χ2n) is 3.57. The topological polar surface area (TPSA) is 93.1 Å². The number of rotatable bonds is 3. The first-order valence-corrected chi connectivity index (χ1v) is 4.84. The van der Waals surface area contributed by atoms with E-state index in [1.807, 2.05) is 0 Å². The first kappa shape index (κ1) is 12.7. The highest BCUT2D eigenvalue weighted by atomic mass is 16.6. The van der Waals surface area contributed by atoms with Crippen LogP contribution in [0.5, 0.6) is 0 Å². The molecule has 90 valence electrons. The molecule has 0 aromatic carbocycles. The molecule has 16 heavy (non-hydrogen) atoms. The van der Waals surface area contributed by atoms with Crippen molar-refractivity contribution in [3.05, 3.63) is 12.2 Å². The Bertz CT molecular complexity index is 308. The Morgan fingerprint density at radius 2 is 2.19 bits per heavy atom. The average molecular weight is 230 g/mol. The lowest BCUT2D eigenvalue weighted by molar-refractivity contribution is -0.176. The number of esters is 2. The van der Waals surface area contributed by atoms with Gasteiger partial charge in [0.05, 0.1) is 6.10 Å². The lowest BCUT2D eigenvalue weighted by Gasteiger charge is -2.31. The Morgan fingerprint density at radius 3 is 2.69 bits per heavy atom. The SMILES string of the molecule is CC(=O)O[C@H]1C=CC(=O)O[C@@H]1[C@@H](O)[C@H](C)O. The first-order chi connectivity index (χ1) is 7.41. The van der Waals surface area contributed by atoms with Crippen LogP contribution < -0.4 is 0 Å². The number of carbonyl (C=O) groups is 2. The molecule has 0 radical (unpaired) electrons. The molecule has 6 heteroatoms. The fraction of sp³-hybridized carbons (Fsp3) is 0.600. The fourth-order valence-electron chi connectivity index (χ4n) is 1.36. The van der Waals surface area contributed by atoms with E-state index in [2.05, 4.69) is 0 Å². The van der Waals surface area contributed by atoms with E-state index in [0.717, 1.165) is 6.08 Å². The number of ether oxygens (including phenoxy) is 2. The molecule has 1 aliphatic rings. The summed E-state index contributed by atoms with van der Waals surface area (Å²) in [6, 6.07) is 0. The van der Waals surface area contributed by atoms with E-state index in [1.165, 1.54) is 19.9 Å². The molecule has 6 nitrogen and oxygen atoms in total. The first-order valence-electron chi connectivity index (χ1n) is 4.84. The summed E-state index contributed by atoms with van der Waals surface area (Å²) in [6.07, 6.45) is -1.93. The molecule has 0 saturated carbocycles. The van der Waals surface area contributed by atoms with Crippen LogP contribution in [-0.4, -0.2) is 46.6 Å². The van der Waals surface area contributed by atoms with Gasteiger partial charge in [0.25, 0.3) is 0 Å². The number of carbonyl (C=O) groups excluding carboxylic acids is 2. The van der Waals surface area contributed by atoms with Gasteiger partial charge in [-0.15, -0.1) is 0 Å². The number of hydrogen-bond donors (Lipinski definition) is 2. The molecule has 0 spiro atoms. The highest BCUT2D eigenvalue weighted by molar-refractivity contribution is 5.83. The van der Waals surface area contributed by atoms with Gasteiger partial charge in [-0.1, -0.05) is 0 Å². The number of aliphatic hydroxyl groups is 2. The molecule has 4 atom stereocenters. The van der Waals surface area contributed by atoms with Gasteiger partial charge in [-0.3, -0.25) is 4.79 Å². The molecule has 2 N–H and O–H groups in total. The molecule has 1 aliphatic heterocycles. The van der Waals surface area contributed by atoms with Gasteiger partial charge in [0.2, 0.25) is 0 Å². The Labute approximate surface area is 92.5 Å². The maximum absolute atomic E-state index is 11.0. The molecular formula is C10H14O6. The Balaban J connectivity index is 2.81. The van der Waals surface area contributed by atoms with Crippen LogP contribution in [0.25, 0.3) is 0 Å². The molecule has 0 aromatic heterocycles. The van der Waals surface area contributed by atoms with Gasteiger partial charge in [-0.25, -0.2) is 4.79 Å². The molecule has 1 rings (SSSR count). The maximum Gasteiger partial charge on any atom is 0.331 e. The van der Waals surface area contributed by atoms with Gasteiger partial charge < -0.3 is 19.7 Å². The third kappa shape index (κ3) is 3.04. The lowest BCUT2D eigenvalue weighted by Crippen LogP contribution is -2.48. The normalized spacial score (nSPS) is 28.1. The van der Waals surface area contributed by atoms with Crippen LogP contribution >= 0.6 is 0 Å². The maximum atomic E-state index is 11.0. The van der Waals surface area contributed by atoms with Gasteiger partial charge in [0, 0.05) is 13.0 Å². The molecular weight excluding hydrogens is 216 g/mol. The number of aliphatic hydroxyl groups excluding tert-OH is 2. The quantitative estimate of drug-likeness (QED) is 0.613. The molecule has 0 unspecified atom stereocenters. The highest BCUT2D eigenvalue weighted by Gasteiger charge is 2.37. The van der Waals surface area contributed by atoms with E-state index in [0.29, 0.717) is 0 Å². The van der Waals surface area contributed by atoms with Crippen LogP contribution in [0.15, 0.2) is 12.2 Å². The van der Waals surface area contributed by atoms with Gasteiger partial charge in [-0.05, 0) is 13.0 Å². The van der Waals surface area contributed by atoms with Crippen LogP contribution in [-0.2, 0) is 19.1 Å². The predicted octanol–water partition coefficient (Wildman–Crippen LogP) is -0.859. The van der Waals surface area contributed by atoms with Crippen molar-refractivity contribution in [2.24, 2.45) is 0 Å². The van der Waals surface area contributed by atoms with Crippen LogP contribution in [0.4, 0.5) is 0 Å². The zero-order valence-corrected chi connectivity index (χ0v) is 8.99. The van der Waals surface area contributed by atoms with Crippen LogP contribution in [0.1, 0.15) is 13.8 Å². The summed E-state index contributed by atoms with van der Waals surface area (Å²) in [4.78, 5) is 21.8. The van der Waals surface area contributed by atoms with Crippen molar-refractivity contribution in [1.29, 1.82) is 0 Å². The minimum absolute atomic E-state index is 0.560. The summed E-state index contributed by atoms with van der Waals surface area (Å²) in [7, 11) is 0. The van der Waals surface area contributed by atoms with Crippen molar-refractivity contribution in [3.8, 4) is 0 Å². The van der Waals surface area contributed by atoms with Crippen LogP contribution in [0.3, 0.4) is 0 Å². The van der Waals surface area contributed by atoms with Gasteiger partial charge in [-0.2, -0.15) is 0 Å².